The number of rotatable bonds is 5. The van der Waals surface area contributed by atoms with Crippen molar-refractivity contribution >= 4 is 11.9 Å². The molecule has 9 heteroatoms. The zero-order valence-corrected chi connectivity index (χ0v) is 13.8. The summed E-state index contributed by atoms with van der Waals surface area (Å²) in [6.45, 7) is 5.32. The highest BCUT2D eigenvalue weighted by atomic mass is 16.5. The molecule has 25 heavy (non-hydrogen) atoms. The fourth-order valence-electron chi connectivity index (χ4n) is 3.21. The first-order valence-electron chi connectivity index (χ1n) is 8.28. The third-order valence-corrected chi connectivity index (χ3v) is 4.59. The van der Waals surface area contributed by atoms with Crippen LogP contribution in [0.5, 0.6) is 5.75 Å². The highest BCUT2D eigenvalue weighted by Crippen LogP contribution is 2.20. The molecule has 136 valence electrons. The van der Waals surface area contributed by atoms with E-state index >= 15 is 0 Å². The largest absolute Gasteiger partial charge is 0.503 e. The fraction of sp³-hybridized carbons (Fsp3) is 0.562. The van der Waals surface area contributed by atoms with Gasteiger partial charge in [0, 0.05) is 45.5 Å². The van der Waals surface area contributed by atoms with Crippen molar-refractivity contribution in [2.75, 3.05) is 45.9 Å². The van der Waals surface area contributed by atoms with E-state index in [-0.39, 0.29) is 5.69 Å². The third kappa shape index (κ3) is 3.52. The van der Waals surface area contributed by atoms with Gasteiger partial charge >= 0.3 is 5.97 Å². The first-order chi connectivity index (χ1) is 12.0. The summed E-state index contributed by atoms with van der Waals surface area (Å²) in [6, 6.07) is 0. The summed E-state index contributed by atoms with van der Waals surface area (Å²) in [4.78, 5) is 39.4. The second kappa shape index (κ2) is 7.24. The minimum atomic E-state index is -1.42. The van der Waals surface area contributed by atoms with Gasteiger partial charge in [-0.25, -0.2) is 4.79 Å². The molecule has 0 atom stereocenters. The summed E-state index contributed by atoms with van der Waals surface area (Å²) in [6.07, 6.45) is 1.91. The molecule has 1 fully saturated rings. The van der Waals surface area contributed by atoms with Crippen molar-refractivity contribution in [2.24, 2.45) is 0 Å². The molecular formula is C16H21N3O6. The van der Waals surface area contributed by atoms with Crippen molar-refractivity contribution in [1.29, 1.82) is 0 Å². The van der Waals surface area contributed by atoms with Crippen LogP contribution in [-0.2, 0) is 11.3 Å². The molecule has 0 bridgehead atoms. The second-order valence-electron chi connectivity index (χ2n) is 6.17. The Kier molecular flexibility index (Phi) is 5.05. The number of morpholine rings is 1. The minimum absolute atomic E-state index is 0.132. The number of fused-ring (bicyclic) bond motifs is 1. The first kappa shape index (κ1) is 17.4. The van der Waals surface area contributed by atoms with Crippen molar-refractivity contribution in [3.63, 3.8) is 0 Å². The van der Waals surface area contributed by atoms with Gasteiger partial charge in [-0.05, 0) is 6.42 Å². The van der Waals surface area contributed by atoms with Crippen LogP contribution in [0.1, 0.15) is 27.3 Å². The van der Waals surface area contributed by atoms with E-state index in [1.807, 2.05) is 0 Å². The number of hydrogen-bond donors (Lipinski definition) is 2. The number of hydrogen-bond acceptors (Lipinski definition) is 6. The minimum Gasteiger partial charge on any atom is -0.503 e. The SMILES string of the molecule is O=C(O)c1cn2c(c(O)c1=O)C(=O)N(CCCN1CCOCC1)CC2. The molecule has 0 spiro atoms. The smallest absolute Gasteiger partial charge is 0.341 e. The zero-order valence-electron chi connectivity index (χ0n) is 13.8. The van der Waals surface area contributed by atoms with Crippen molar-refractivity contribution < 1.29 is 24.5 Å². The first-order valence-corrected chi connectivity index (χ1v) is 8.28. The van der Waals surface area contributed by atoms with Gasteiger partial charge in [-0.1, -0.05) is 0 Å². The summed E-state index contributed by atoms with van der Waals surface area (Å²) in [5, 5.41) is 19.0. The van der Waals surface area contributed by atoms with Gasteiger partial charge in [0.25, 0.3) is 5.91 Å². The van der Waals surface area contributed by atoms with Gasteiger partial charge < -0.3 is 24.4 Å². The van der Waals surface area contributed by atoms with Crippen molar-refractivity contribution in [1.82, 2.24) is 14.4 Å². The topological polar surface area (TPSA) is 112 Å². The molecule has 0 radical (unpaired) electrons. The van der Waals surface area contributed by atoms with Gasteiger partial charge in [0.1, 0.15) is 5.56 Å². The highest BCUT2D eigenvalue weighted by molar-refractivity contribution is 5.97. The van der Waals surface area contributed by atoms with E-state index in [1.54, 1.807) is 4.90 Å². The number of aromatic hydroxyl groups is 1. The Bertz CT molecular complexity index is 738. The number of carboxylic acids is 1. The Morgan fingerprint density at radius 2 is 1.84 bits per heavy atom. The predicted molar refractivity (Wildman–Crippen MR) is 87.1 cm³/mol. The van der Waals surface area contributed by atoms with Crippen molar-refractivity contribution in [3.8, 4) is 5.75 Å². The van der Waals surface area contributed by atoms with Crippen LogP contribution in [0, 0.1) is 0 Å². The van der Waals surface area contributed by atoms with Gasteiger partial charge in [0.2, 0.25) is 5.43 Å². The molecule has 0 aromatic carbocycles. The van der Waals surface area contributed by atoms with E-state index in [1.165, 1.54) is 4.57 Å². The zero-order chi connectivity index (χ0) is 18.0. The van der Waals surface area contributed by atoms with E-state index in [4.69, 9.17) is 9.84 Å². The van der Waals surface area contributed by atoms with Gasteiger partial charge in [0.15, 0.2) is 11.4 Å². The molecule has 0 saturated carbocycles. The molecule has 0 aliphatic carbocycles. The standard InChI is InChI=1S/C16H21N3O6/c20-13-11(16(23)24)10-19-5-4-18(15(22)12(19)14(13)21)3-1-2-17-6-8-25-9-7-17/h10,21H,1-9H2,(H,23,24). The summed E-state index contributed by atoms with van der Waals surface area (Å²) < 4.78 is 6.64. The quantitative estimate of drug-likeness (QED) is 0.730. The van der Waals surface area contributed by atoms with Gasteiger partial charge in [-0.3, -0.25) is 14.5 Å². The predicted octanol–water partition coefficient (Wildman–Crippen LogP) is -0.570. The average molecular weight is 351 g/mol. The molecule has 2 aliphatic rings. The van der Waals surface area contributed by atoms with E-state index in [9.17, 15) is 19.5 Å². The molecular weight excluding hydrogens is 330 g/mol. The number of carbonyl (C=O) groups excluding carboxylic acids is 1. The van der Waals surface area contributed by atoms with Gasteiger partial charge in [-0.2, -0.15) is 0 Å². The molecule has 0 unspecified atom stereocenters. The lowest BCUT2D eigenvalue weighted by molar-refractivity contribution is 0.0353. The Labute approximate surface area is 144 Å². The summed E-state index contributed by atoms with van der Waals surface area (Å²) >= 11 is 0. The summed E-state index contributed by atoms with van der Waals surface area (Å²) in [5.74, 6) is -2.65. The summed E-state index contributed by atoms with van der Waals surface area (Å²) in [7, 11) is 0. The molecule has 1 aromatic heterocycles. The lowest BCUT2D eigenvalue weighted by Crippen LogP contribution is -2.44. The van der Waals surface area contributed by atoms with Crippen LogP contribution in [-0.4, -0.2) is 82.4 Å². The normalized spacial score (nSPS) is 18.2. The molecule has 2 aliphatic heterocycles. The maximum atomic E-state index is 12.6. The monoisotopic (exact) mass is 351 g/mol. The fourth-order valence-corrected chi connectivity index (χ4v) is 3.21. The Morgan fingerprint density at radius 1 is 1.12 bits per heavy atom. The van der Waals surface area contributed by atoms with Crippen LogP contribution < -0.4 is 5.43 Å². The highest BCUT2D eigenvalue weighted by Gasteiger charge is 2.30. The molecule has 3 heterocycles. The second-order valence-corrected chi connectivity index (χ2v) is 6.17. The van der Waals surface area contributed by atoms with Crippen LogP contribution in [0.15, 0.2) is 11.0 Å². The van der Waals surface area contributed by atoms with Gasteiger partial charge in [0.05, 0.1) is 13.2 Å². The number of nitrogens with zero attached hydrogens (tertiary/aromatic N) is 3. The van der Waals surface area contributed by atoms with Crippen LogP contribution in [0.4, 0.5) is 0 Å². The van der Waals surface area contributed by atoms with Crippen LogP contribution in [0.25, 0.3) is 0 Å². The Hall–Kier alpha value is -2.39. The van der Waals surface area contributed by atoms with E-state index in [0.717, 1.165) is 45.5 Å². The Balaban J connectivity index is 1.69. The van der Waals surface area contributed by atoms with Crippen LogP contribution in [0.3, 0.4) is 0 Å². The lowest BCUT2D eigenvalue weighted by atomic mass is 10.1. The van der Waals surface area contributed by atoms with Crippen molar-refractivity contribution in [3.05, 3.63) is 27.7 Å². The maximum absolute atomic E-state index is 12.6. The number of ether oxygens (including phenoxy) is 1. The average Bonchev–Trinajstić information content (AvgIpc) is 2.60. The number of aromatic nitrogens is 1. The Morgan fingerprint density at radius 3 is 2.52 bits per heavy atom. The molecule has 9 nitrogen and oxygen atoms in total. The van der Waals surface area contributed by atoms with Crippen LogP contribution >= 0.6 is 0 Å². The van der Waals surface area contributed by atoms with Crippen LogP contribution in [0.2, 0.25) is 0 Å². The molecule has 1 amide bonds. The number of carboxylic acid groups (broad SMARTS) is 1. The van der Waals surface area contributed by atoms with E-state index in [2.05, 4.69) is 4.90 Å². The molecule has 1 aromatic rings. The summed E-state index contributed by atoms with van der Waals surface area (Å²) in [5.41, 5.74) is -1.69. The number of carbonyl (C=O) groups is 2. The van der Waals surface area contributed by atoms with E-state index < -0.39 is 28.6 Å². The number of aromatic carboxylic acids is 1. The lowest BCUT2D eigenvalue weighted by Gasteiger charge is -2.32. The number of amides is 1. The van der Waals surface area contributed by atoms with Gasteiger partial charge in [-0.15, -0.1) is 0 Å². The van der Waals surface area contributed by atoms with E-state index in [0.29, 0.717) is 19.6 Å². The maximum Gasteiger partial charge on any atom is 0.341 e. The molecule has 1 saturated heterocycles. The number of pyridine rings is 1. The molecule has 2 N–H and O–H groups in total. The van der Waals surface area contributed by atoms with Crippen molar-refractivity contribution in [2.45, 2.75) is 13.0 Å². The third-order valence-electron chi connectivity index (χ3n) is 4.59. The molecule has 3 rings (SSSR count).